The molecule has 0 bridgehead atoms. The molecule has 3 heterocycles. The average Bonchev–Trinajstić information content (AvgIpc) is 3.17. The maximum Gasteiger partial charge on any atom is 0.237 e. The van der Waals surface area contributed by atoms with Gasteiger partial charge < -0.3 is 20.4 Å². The van der Waals surface area contributed by atoms with Crippen molar-refractivity contribution in [2.24, 2.45) is 0 Å². The lowest BCUT2D eigenvalue weighted by Crippen LogP contribution is -2.42. The Morgan fingerprint density at radius 3 is 3.23 bits per heavy atom. The van der Waals surface area contributed by atoms with E-state index >= 15 is 0 Å². The highest BCUT2D eigenvalue weighted by Gasteiger charge is 2.43. The maximum atomic E-state index is 12.3. The fourth-order valence-electron chi connectivity index (χ4n) is 3.50. The summed E-state index contributed by atoms with van der Waals surface area (Å²) in [5, 5.41) is 6.40. The molecule has 1 aromatic heterocycles. The molecule has 6 heteroatoms. The highest BCUT2D eigenvalue weighted by Crippen LogP contribution is 2.29. The fraction of sp³-hybridized carbons (Fsp3) is 0.500. The van der Waals surface area contributed by atoms with Crippen LogP contribution in [0.1, 0.15) is 25.3 Å². The fourth-order valence-corrected chi connectivity index (χ4v) is 3.50. The summed E-state index contributed by atoms with van der Waals surface area (Å²) in [6.45, 7) is 2.61. The predicted molar refractivity (Wildman–Crippen MR) is 82.2 cm³/mol. The minimum atomic E-state index is -0.140. The second kappa shape index (κ2) is 5.37. The molecule has 1 aromatic carbocycles. The molecule has 2 fully saturated rings. The molecule has 0 unspecified atom stereocenters. The van der Waals surface area contributed by atoms with Gasteiger partial charge in [0.2, 0.25) is 5.91 Å². The Hall–Kier alpha value is -1.92. The lowest BCUT2D eigenvalue weighted by molar-refractivity contribution is -0.123. The third-order valence-electron chi connectivity index (χ3n) is 4.59. The van der Waals surface area contributed by atoms with Gasteiger partial charge in [-0.2, -0.15) is 0 Å². The zero-order chi connectivity index (χ0) is 15.1. The van der Waals surface area contributed by atoms with Gasteiger partial charge in [0.05, 0.1) is 35.6 Å². The minimum absolute atomic E-state index is 0.0513. The van der Waals surface area contributed by atoms with Crippen molar-refractivity contribution in [2.75, 3.05) is 0 Å². The maximum absolute atomic E-state index is 12.3. The molecule has 2 aliphatic rings. The van der Waals surface area contributed by atoms with Gasteiger partial charge in [0.15, 0.2) is 0 Å². The van der Waals surface area contributed by atoms with Gasteiger partial charge in [-0.3, -0.25) is 4.79 Å². The molecule has 22 heavy (non-hydrogen) atoms. The Balaban J connectivity index is 1.35. The van der Waals surface area contributed by atoms with Crippen molar-refractivity contribution >= 4 is 16.9 Å². The van der Waals surface area contributed by atoms with Crippen LogP contribution in [0.2, 0.25) is 0 Å². The third kappa shape index (κ3) is 2.48. The molecule has 6 nitrogen and oxygen atoms in total. The standard InChI is InChI=1S/C16H20N4O2/c1-9-4-13-15(22-9)6-14(20-13)16(21)17-7-10-2-3-11-12(5-10)19-8-18-11/h2-3,5,8-9,13-15,20H,4,6-7H2,1H3,(H,17,21)(H,18,19)/t9-,13+,14-,15+/m1/s1. The molecule has 3 N–H and O–H groups in total. The van der Waals surface area contributed by atoms with Crippen molar-refractivity contribution in [2.45, 2.75) is 50.6 Å². The van der Waals surface area contributed by atoms with Crippen LogP contribution in [-0.2, 0) is 16.1 Å². The Morgan fingerprint density at radius 1 is 1.45 bits per heavy atom. The molecular weight excluding hydrogens is 280 g/mol. The first kappa shape index (κ1) is 13.7. The first-order valence-corrected chi connectivity index (χ1v) is 7.80. The molecule has 4 rings (SSSR count). The van der Waals surface area contributed by atoms with Gasteiger partial charge in [-0.05, 0) is 37.5 Å². The number of fused-ring (bicyclic) bond motifs is 2. The molecule has 2 aliphatic heterocycles. The summed E-state index contributed by atoms with van der Waals surface area (Å²) in [5.74, 6) is 0.0513. The number of aromatic nitrogens is 2. The van der Waals surface area contributed by atoms with E-state index in [0.29, 0.717) is 18.7 Å². The number of aromatic amines is 1. The lowest BCUT2D eigenvalue weighted by Gasteiger charge is -2.14. The van der Waals surface area contributed by atoms with Crippen molar-refractivity contribution in [3.8, 4) is 0 Å². The average molecular weight is 300 g/mol. The van der Waals surface area contributed by atoms with Gasteiger partial charge in [-0.1, -0.05) is 6.07 Å². The van der Waals surface area contributed by atoms with Crippen LogP contribution in [0, 0.1) is 0 Å². The Kier molecular flexibility index (Phi) is 3.35. The first-order chi connectivity index (χ1) is 10.7. The largest absolute Gasteiger partial charge is 0.374 e. The number of nitrogens with one attached hydrogen (secondary N) is 3. The highest BCUT2D eigenvalue weighted by atomic mass is 16.5. The van der Waals surface area contributed by atoms with E-state index in [1.54, 1.807) is 6.33 Å². The van der Waals surface area contributed by atoms with E-state index in [9.17, 15) is 4.79 Å². The summed E-state index contributed by atoms with van der Waals surface area (Å²) in [7, 11) is 0. The van der Waals surface area contributed by atoms with Crippen molar-refractivity contribution in [1.29, 1.82) is 0 Å². The van der Waals surface area contributed by atoms with Crippen molar-refractivity contribution in [3.63, 3.8) is 0 Å². The third-order valence-corrected chi connectivity index (χ3v) is 4.59. The van der Waals surface area contributed by atoms with Crippen molar-refractivity contribution in [3.05, 3.63) is 30.1 Å². The summed E-state index contributed by atoms with van der Waals surface area (Å²) in [5.41, 5.74) is 2.99. The molecule has 116 valence electrons. The quantitative estimate of drug-likeness (QED) is 0.793. The molecule has 0 aliphatic carbocycles. The number of carbonyl (C=O) groups is 1. The number of ether oxygens (including phenoxy) is 1. The van der Waals surface area contributed by atoms with Gasteiger partial charge in [-0.25, -0.2) is 4.98 Å². The minimum Gasteiger partial charge on any atom is -0.374 e. The zero-order valence-corrected chi connectivity index (χ0v) is 12.5. The van der Waals surface area contributed by atoms with Crippen molar-refractivity contribution < 1.29 is 9.53 Å². The molecule has 0 spiro atoms. The van der Waals surface area contributed by atoms with Crippen LogP contribution < -0.4 is 10.6 Å². The molecule has 2 saturated heterocycles. The van der Waals surface area contributed by atoms with E-state index in [4.69, 9.17) is 4.74 Å². The van der Waals surface area contributed by atoms with Crippen LogP contribution in [0.5, 0.6) is 0 Å². The topological polar surface area (TPSA) is 79.0 Å². The molecule has 4 atom stereocenters. The van der Waals surface area contributed by atoms with E-state index < -0.39 is 0 Å². The number of rotatable bonds is 3. The highest BCUT2D eigenvalue weighted by molar-refractivity contribution is 5.82. The van der Waals surface area contributed by atoms with Gasteiger partial charge in [0.1, 0.15) is 0 Å². The zero-order valence-electron chi connectivity index (χ0n) is 12.5. The van der Waals surface area contributed by atoms with Gasteiger partial charge in [-0.15, -0.1) is 0 Å². The predicted octanol–water partition coefficient (Wildman–Crippen LogP) is 1.09. The number of carbonyl (C=O) groups excluding carboxylic acids is 1. The molecule has 1 amide bonds. The summed E-state index contributed by atoms with van der Waals surface area (Å²) >= 11 is 0. The molecule has 2 aromatic rings. The Labute approximate surface area is 128 Å². The summed E-state index contributed by atoms with van der Waals surface area (Å²) < 4.78 is 5.81. The monoisotopic (exact) mass is 300 g/mol. The summed E-state index contributed by atoms with van der Waals surface area (Å²) in [4.78, 5) is 19.6. The number of hydrogen-bond acceptors (Lipinski definition) is 4. The van der Waals surface area contributed by atoms with E-state index in [-0.39, 0.29) is 18.1 Å². The van der Waals surface area contributed by atoms with Crippen LogP contribution in [0.15, 0.2) is 24.5 Å². The molecular formula is C16H20N4O2. The molecule has 0 radical (unpaired) electrons. The molecule has 0 saturated carbocycles. The Bertz CT molecular complexity index is 684. The van der Waals surface area contributed by atoms with E-state index in [1.165, 1.54) is 0 Å². The van der Waals surface area contributed by atoms with Crippen LogP contribution in [0.3, 0.4) is 0 Å². The Morgan fingerprint density at radius 2 is 2.36 bits per heavy atom. The van der Waals surface area contributed by atoms with Crippen LogP contribution in [-0.4, -0.2) is 40.2 Å². The summed E-state index contributed by atoms with van der Waals surface area (Å²) in [6, 6.07) is 6.15. The number of benzene rings is 1. The normalized spacial score (nSPS) is 30.6. The lowest BCUT2D eigenvalue weighted by atomic mass is 10.1. The SMILES string of the molecule is C[C@@H]1C[C@@H]2N[C@@H](C(=O)NCc3ccc4nc[nH]c4c3)C[C@@H]2O1. The number of nitrogens with zero attached hydrogens (tertiary/aromatic N) is 1. The first-order valence-electron chi connectivity index (χ1n) is 7.80. The second-order valence-corrected chi connectivity index (χ2v) is 6.25. The van der Waals surface area contributed by atoms with Crippen LogP contribution in [0.4, 0.5) is 0 Å². The second-order valence-electron chi connectivity index (χ2n) is 6.25. The number of hydrogen-bond donors (Lipinski definition) is 3. The van der Waals surface area contributed by atoms with Gasteiger partial charge in [0, 0.05) is 12.6 Å². The smallest absolute Gasteiger partial charge is 0.237 e. The summed E-state index contributed by atoms with van der Waals surface area (Å²) in [6.07, 6.45) is 3.92. The van der Waals surface area contributed by atoms with Gasteiger partial charge >= 0.3 is 0 Å². The van der Waals surface area contributed by atoms with Crippen LogP contribution in [0.25, 0.3) is 11.0 Å². The van der Waals surface area contributed by atoms with E-state index in [1.807, 2.05) is 18.2 Å². The van der Waals surface area contributed by atoms with E-state index in [2.05, 4.69) is 27.5 Å². The number of imidazole rings is 1. The van der Waals surface area contributed by atoms with Crippen molar-refractivity contribution in [1.82, 2.24) is 20.6 Å². The number of H-pyrrole nitrogens is 1. The van der Waals surface area contributed by atoms with Crippen LogP contribution >= 0.6 is 0 Å². The van der Waals surface area contributed by atoms with E-state index in [0.717, 1.165) is 29.4 Å². The number of amides is 1. The van der Waals surface area contributed by atoms with Gasteiger partial charge in [0.25, 0.3) is 0 Å².